The first-order valence-corrected chi connectivity index (χ1v) is 6.25. The third-order valence-corrected chi connectivity index (χ3v) is 3.02. The Morgan fingerprint density at radius 2 is 1.76 bits per heavy atom. The Labute approximate surface area is 110 Å². The number of para-hydroxylation sites is 1. The van der Waals surface area contributed by atoms with Crippen LogP contribution in [0.1, 0.15) is 5.56 Å². The number of halogens is 1. The molecular weight excluding hydrogens is 278 g/mol. The predicted octanol–water partition coefficient (Wildman–Crippen LogP) is 3.96. The Kier molecular flexibility index (Phi) is 4.18. The highest BCUT2D eigenvalue weighted by Gasteiger charge is 2.01. The minimum absolute atomic E-state index is 0.828. The van der Waals surface area contributed by atoms with Gasteiger partial charge in [0.1, 0.15) is 11.5 Å². The van der Waals surface area contributed by atoms with E-state index in [1.165, 1.54) is 5.56 Å². The van der Waals surface area contributed by atoms with E-state index in [1.54, 1.807) is 0 Å². The number of rotatable bonds is 4. The van der Waals surface area contributed by atoms with Crippen molar-refractivity contribution >= 4 is 15.9 Å². The van der Waals surface area contributed by atoms with Gasteiger partial charge in [0.25, 0.3) is 0 Å². The van der Waals surface area contributed by atoms with E-state index in [9.17, 15) is 0 Å². The number of hydrogen-bond acceptors (Lipinski definition) is 2. The van der Waals surface area contributed by atoms with Crippen molar-refractivity contribution in [3.8, 4) is 11.5 Å². The van der Waals surface area contributed by atoms with Gasteiger partial charge in [-0.3, -0.25) is 0 Å². The summed E-state index contributed by atoms with van der Waals surface area (Å²) in [7, 11) is 1.94. The fraction of sp³-hybridized carbons (Fsp3) is 0.143. The summed E-state index contributed by atoms with van der Waals surface area (Å²) < 4.78 is 6.73. The molecule has 88 valence electrons. The van der Waals surface area contributed by atoms with Gasteiger partial charge in [-0.25, -0.2) is 0 Å². The summed E-state index contributed by atoms with van der Waals surface area (Å²) in [5.41, 5.74) is 1.24. The smallest absolute Gasteiger partial charge is 0.141 e. The highest BCUT2D eigenvalue weighted by Crippen LogP contribution is 2.29. The molecule has 0 aromatic heterocycles. The highest BCUT2D eigenvalue weighted by atomic mass is 79.9. The molecule has 0 saturated heterocycles. The van der Waals surface area contributed by atoms with Gasteiger partial charge in [0, 0.05) is 6.54 Å². The molecule has 0 spiro atoms. The van der Waals surface area contributed by atoms with E-state index in [1.807, 2.05) is 43.4 Å². The number of hydrogen-bond donors (Lipinski definition) is 1. The lowest BCUT2D eigenvalue weighted by Gasteiger charge is -2.08. The molecule has 0 atom stereocenters. The molecule has 0 aliphatic carbocycles. The zero-order chi connectivity index (χ0) is 12.1. The van der Waals surface area contributed by atoms with Gasteiger partial charge in [-0.2, -0.15) is 0 Å². The molecule has 0 aliphatic heterocycles. The maximum absolute atomic E-state index is 5.77. The van der Waals surface area contributed by atoms with Crippen LogP contribution in [-0.4, -0.2) is 7.05 Å². The average molecular weight is 292 g/mol. The number of nitrogens with one attached hydrogen (secondary N) is 1. The molecule has 0 heterocycles. The molecule has 0 bridgehead atoms. The lowest BCUT2D eigenvalue weighted by Crippen LogP contribution is -2.04. The molecule has 2 nitrogen and oxygen atoms in total. The Bertz CT molecular complexity index is 482. The van der Waals surface area contributed by atoms with E-state index >= 15 is 0 Å². The van der Waals surface area contributed by atoms with E-state index in [2.05, 4.69) is 33.4 Å². The molecule has 0 aliphatic rings. The standard InChI is InChI=1S/C14H14BrNO/c1-16-10-11-6-8-12(9-7-11)17-14-5-3-2-4-13(14)15/h2-9,16H,10H2,1H3. The Morgan fingerprint density at radius 3 is 2.41 bits per heavy atom. The first kappa shape index (κ1) is 12.1. The maximum Gasteiger partial charge on any atom is 0.141 e. The van der Waals surface area contributed by atoms with Crippen molar-refractivity contribution in [3.05, 3.63) is 58.6 Å². The summed E-state index contributed by atoms with van der Waals surface area (Å²) in [6.07, 6.45) is 0. The molecular formula is C14H14BrNO. The van der Waals surface area contributed by atoms with Crippen LogP contribution in [0.3, 0.4) is 0 Å². The topological polar surface area (TPSA) is 21.3 Å². The minimum Gasteiger partial charge on any atom is -0.456 e. The van der Waals surface area contributed by atoms with E-state index in [0.29, 0.717) is 0 Å². The van der Waals surface area contributed by atoms with Crippen LogP contribution in [0.25, 0.3) is 0 Å². The fourth-order valence-corrected chi connectivity index (χ4v) is 1.90. The van der Waals surface area contributed by atoms with Crippen molar-refractivity contribution in [2.45, 2.75) is 6.54 Å². The van der Waals surface area contributed by atoms with Gasteiger partial charge < -0.3 is 10.1 Å². The lowest BCUT2D eigenvalue weighted by molar-refractivity contribution is 0.479. The Balaban J connectivity index is 2.11. The first-order chi connectivity index (χ1) is 8.29. The Hall–Kier alpha value is -1.32. The molecule has 2 aromatic rings. The maximum atomic E-state index is 5.77. The first-order valence-electron chi connectivity index (χ1n) is 5.45. The summed E-state index contributed by atoms with van der Waals surface area (Å²) in [4.78, 5) is 0. The molecule has 0 amide bonds. The molecule has 2 aromatic carbocycles. The highest BCUT2D eigenvalue weighted by molar-refractivity contribution is 9.10. The van der Waals surface area contributed by atoms with Crippen molar-refractivity contribution in [1.29, 1.82) is 0 Å². The number of benzene rings is 2. The summed E-state index contributed by atoms with van der Waals surface area (Å²) in [6, 6.07) is 15.9. The lowest BCUT2D eigenvalue weighted by atomic mass is 10.2. The summed E-state index contributed by atoms with van der Waals surface area (Å²) in [6.45, 7) is 0.870. The summed E-state index contributed by atoms with van der Waals surface area (Å²) in [5, 5.41) is 3.11. The van der Waals surface area contributed by atoms with Gasteiger partial charge in [0.05, 0.1) is 4.47 Å². The van der Waals surface area contributed by atoms with Crippen LogP contribution in [0.2, 0.25) is 0 Å². The van der Waals surface area contributed by atoms with Gasteiger partial charge in [-0.05, 0) is 52.8 Å². The van der Waals surface area contributed by atoms with E-state index in [0.717, 1.165) is 22.5 Å². The van der Waals surface area contributed by atoms with Gasteiger partial charge in [0.15, 0.2) is 0 Å². The monoisotopic (exact) mass is 291 g/mol. The van der Waals surface area contributed by atoms with E-state index in [4.69, 9.17) is 4.74 Å². The second-order valence-corrected chi connectivity index (χ2v) is 4.56. The average Bonchev–Trinajstić information content (AvgIpc) is 2.35. The fourth-order valence-electron chi connectivity index (χ4n) is 1.53. The van der Waals surface area contributed by atoms with Crippen molar-refractivity contribution in [1.82, 2.24) is 5.32 Å². The second-order valence-electron chi connectivity index (χ2n) is 3.71. The largest absolute Gasteiger partial charge is 0.456 e. The zero-order valence-electron chi connectivity index (χ0n) is 9.61. The minimum atomic E-state index is 0.828. The van der Waals surface area contributed by atoms with Crippen LogP contribution in [0.15, 0.2) is 53.0 Å². The van der Waals surface area contributed by atoms with Crippen LogP contribution < -0.4 is 10.1 Å². The van der Waals surface area contributed by atoms with Gasteiger partial charge >= 0.3 is 0 Å². The number of ether oxygens (including phenoxy) is 1. The van der Waals surface area contributed by atoms with Crippen LogP contribution in [0.4, 0.5) is 0 Å². The van der Waals surface area contributed by atoms with Crippen molar-refractivity contribution < 1.29 is 4.74 Å². The second kappa shape index (κ2) is 5.84. The van der Waals surface area contributed by atoms with Crippen molar-refractivity contribution in [3.63, 3.8) is 0 Å². The molecule has 3 heteroatoms. The molecule has 2 rings (SSSR count). The normalized spacial score (nSPS) is 10.2. The van der Waals surface area contributed by atoms with Gasteiger partial charge in [-0.1, -0.05) is 24.3 Å². The molecule has 0 saturated carbocycles. The van der Waals surface area contributed by atoms with Crippen molar-refractivity contribution in [2.75, 3.05) is 7.05 Å². The van der Waals surface area contributed by atoms with Gasteiger partial charge in [-0.15, -0.1) is 0 Å². The van der Waals surface area contributed by atoms with Crippen molar-refractivity contribution in [2.24, 2.45) is 0 Å². The molecule has 17 heavy (non-hydrogen) atoms. The predicted molar refractivity (Wildman–Crippen MR) is 73.4 cm³/mol. The molecule has 1 N–H and O–H groups in total. The molecule has 0 unspecified atom stereocenters. The molecule has 0 radical (unpaired) electrons. The molecule has 0 fully saturated rings. The van der Waals surface area contributed by atoms with E-state index in [-0.39, 0.29) is 0 Å². The van der Waals surface area contributed by atoms with Crippen LogP contribution in [-0.2, 0) is 6.54 Å². The third kappa shape index (κ3) is 3.32. The summed E-state index contributed by atoms with van der Waals surface area (Å²) >= 11 is 3.46. The SMILES string of the molecule is CNCc1ccc(Oc2ccccc2Br)cc1. The Morgan fingerprint density at radius 1 is 1.06 bits per heavy atom. The van der Waals surface area contributed by atoms with E-state index < -0.39 is 0 Å². The van der Waals surface area contributed by atoms with Crippen LogP contribution >= 0.6 is 15.9 Å². The summed E-state index contributed by atoms with van der Waals surface area (Å²) in [5.74, 6) is 1.67. The zero-order valence-corrected chi connectivity index (χ0v) is 11.2. The van der Waals surface area contributed by atoms with Gasteiger partial charge in [0.2, 0.25) is 0 Å². The third-order valence-electron chi connectivity index (χ3n) is 2.37. The van der Waals surface area contributed by atoms with Crippen LogP contribution in [0, 0.1) is 0 Å². The van der Waals surface area contributed by atoms with Crippen LogP contribution in [0.5, 0.6) is 11.5 Å². The quantitative estimate of drug-likeness (QED) is 0.921.